The Bertz CT molecular complexity index is 629. The molecule has 112 valence electrons. The number of carbonyl (C=O) groups is 1. The van der Waals surface area contributed by atoms with Gasteiger partial charge in [0.15, 0.2) is 0 Å². The molecular formula is C17H23N3O. The van der Waals surface area contributed by atoms with E-state index >= 15 is 0 Å². The van der Waals surface area contributed by atoms with E-state index in [1.807, 2.05) is 25.1 Å². The summed E-state index contributed by atoms with van der Waals surface area (Å²) in [5, 5.41) is 2.97. The van der Waals surface area contributed by atoms with Crippen LogP contribution in [0.15, 0.2) is 24.4 Å². The van der Waals surface area contributed by atoms with Crippen LogP contribution < -0.4 is 5.32 Å². The standard InChI is InChI=1S/C17H23N3O/c1-5-15-12(3)16(20(6-2)13(15)4)17(21)19-11-14-9-7-8-10-18-14/h7-10H,5-6,11H2,1-4H3,(H,19,21). The van der Waals surface area contributed by atoms with Crippen molar-refractivity contribution in [2.45, 2.75) is 47.2 Å². The molecule has 1 amide bonds. The van der Waals surface area contributed by atoms with Crippen LogP contribution in [-0.2, 0) is 19.5 Å². The van der Waals surface area contributed by atoms with Gasteiger partial charge in [0.25, 0.3) is 5.91 Å². The first kappa shape index (κ1) is 15.3. The van der Waals surface area contributed by atoms with Crippen molar-refractivity contribution in [1.29, 1.82) is 0 Å². The van der Waals surface area contributed by atoms with E-state index < -0.39 is 0 Å². The number of nitrogens with zero attached hydrogens (tertiary/aromatic N) is 2. The van der Waals surface area contributed by atoms with Crippen molar-refractivity contribution in [3.63, 3.8) is 0 Å². The third kappa shape index (κ3) is 2.99. The van der Waals surface area contributed by atoms with Crippen LogP contribution in [0, 0.1) is 13.8 Å². The van der Waals surface area contributed by atoms with E-state index in [0.29, 0.717) is 6.54 Å². The second-order valence-corrected chi connectivity index (χ2v) is 5.14. The van der Waals surface area contributed by atoms with Crippen molar-refractivity contribution in [2.24, 2.45) is 0 Å². The van der Waals surface area contributed by atoms with Crippen molar-refractivity contribution in [3.8, 4) is 0 Å². The molecule has 0 aliphatic rings. The molecule has 0 radical (unpaired) electrons. The molecule has 2 heterocycles. The summed E-state index contributed by atoms with van der Waals surface area (Å²) >= 11 is 0. The zero-order valence-electron chi connectivity index (χ0n) is 13.2. The fourth-order valence-electron chi connectivity index (χ4n) is 2.91. The van der Waals surface area contributed by atoms with Crippen molar-refractivity contribution in [3.05, 3.63) is 52.6 Å². The average Bonchev–Trinajstić information content (AvgIpc) is 2.75. The molecule has 0 fully saturated rings. The molecular weight excluding hydrogens is 262 g/mol. The number of amides is 1. The Morgan fingerprint density at radius 1 is 1.29 bits per heavy atom. The number of hydrogen-bond acceptors (Lipinski definition) is 2. The predicted molar refractivity (Wildman–Crippen MR) is 84.4 cm³/mol. The van der Waals surface area contributed by atoms with Gasteiger partial charge in [-0.1, -0.05) is 13.0 Å². The minimum Gasteiger partial charge on any atom is -0.345 e. The lowest BCUT2D eigenvalue weighted by atomic mass is 10.1. The lowest BCUT2D eigenvalue weighted by molar-refractivity contribution is 0.0940. The highest BCUT2D eigenvalue weighted by atomic mass is 16.1. The van der Waals surface area contributed by atoms with Crippen LogP contribution in [-0.4, -0.2) is 15.5 Å². The maximum atomic E-state index is 12.5. The van der Waals surface area contributed by atoms with Crippen molar-refractivity contribution in [1.82, 2.24) is 14.9 Å². The Balaban J connectivity index is 2.23. The molecule has 0 aromatic carbocycles. The number of hydrogen-bond donors (Lipinski definition) is 1. The maximum absolute atomic E-state index is 12.5. The average molecular weight is 285 g/mol. The summed E-state index contributed by atoms with van der Waals surface area (Å²) in [4.78, 5) is 16.8. The SMILES string of the molecule is CCc1c(C)c(C(=O)NCc2ccccn2)n(CC)c1C. The third-order valence-corrected chi connectivity index (χ3v) is 3.96. The fraction of sp³-hybridized carbons (Fsp3) is 0.412. The van der Waals surface area contributed by atoms with Gasteiger partial charge < -0.3 is 9.88 Å². The second-order valence-electron chi connectivity index (χ2n) is 5.14. The first-order valence-electron chi connectivity index (χ1n) is 7.46. The van der Waals surface area contributed by atoms with Gasteiger partial charge in [-0.15, -0.1) is 0 Å². The van der Waals surface area contributed by atoms with Gasteiger partial charge in [0.05, 0.1) is 12.2 Å². The molecule has 0 aliphatic heterocycles. The highest BCUT2D eigenvalue weighted by Crippen LogP contribution is 2.22. The van der Waals surface area contributed by atoms with E-state index in [2.05, 4.69) is 35.6 Å². The number of pyridine rings is 1. The van der Waals surface area contributed by atoms with Gasteiger partial charge in [-0.25, -0.2) is 0 Å². The van der Waals surface area contributed by atoms with Gasteiger partial charge in [0.2, 0.25) is 0 Å². The Morgan fingerprint density at radius 2 is 2.05 bits per heavy atom. The van der Waals surface area contributed by atoms with E-state index in [0.717, 1.165) is 29.9 Å². The summed E-state index contributed by atoms with van der Waals surface area (Å²) in [5.41, 5.74) is 5.21. The summed E-state index contributed by atoms with van der Waals surface area (Å²) in [6, 6.07) is 5.71. The molecule has 2 aromatic rings. The summed E-state index contributed by atoms with van der Waals surface area (Å²) in [7, 11) is 0. The van der Waals surface area contributed by atoms with Crippen LogP contribution >= 0.6 is 0 Å². The molecule has 1 N–H and O–H groups in total. The molecule has 0 aliphatic carbocycles. The monoisotopic (exact) mass is 285 g/mol. The zero-order chi connectivity index (χ0) is 15.4. The summed E-state index contributed by atoms with van der Waals surface area (Å²) in [6.45, 7) is 9.58. The molecule has 0 atom stereocenters. The predicted octanol–water partition coefficient (Wildman–Crippen LogP) is 3.01. The zero-order valence-corrected chi connectivity index (χ0v) is 13.2. The molecule has 0 spiro atoms. The minimum absolute atomic E-state index is 0.0252. The quantitative estimate of drug-likeness (QED) is 0.918. The topological polar surface area (TPSA) is 46.9 Å². The van der Waals surface area contributed by atoms with Crippen molar-refractivity contribution < 1.29 is 4.79 Å². The fourth-order valence-corrected chi connectivity index (χ4v) is 2.91. The van der Waals surface area contributed by atoms with Crippen LogP contribution in [0.5, 0.6) is 0 Å². The normalized spacial score (nSPS) is 10.7. The van der Waals surface area contributed by atoms with Gasteiger partial charge in [0, 0.05) is 18.4 Å². The molecule has 21 heavy (non-hydrogen) atoms. The highest BCUT2D eigenvalue weighted by Gasteiger charge is 2.20. The first-order valence-corrected chi connectivity index (χ1v) is 7.46. The van der Waals surface area contributed by atoms with Crippen LogP contribution in [0.25, 0.3) is 0 Å². The molecule has 4 nitrogen and oxygen atoms in total. The Kier molecular flexibility index (Phi) is 4.78. The van der Waals surface area contributed by atoms with E-state index in [-0.39, 0.29) is 5.91 Å². The maximum Gasteiger partial charge on any atom is 0.268 e. The van der Waals surface area contributed by atoms with Gasteiger partial charge in [-0.2, -0.15) is 0 Å². The molecule has 2 rings (SSSR count). The number of nitrogens with one attached hydrogen (secondary N) is 1. The number of rotatable bonds is 5. The van der Waals surface area contributed by atoms with Crippen molar-refractivity contribution in [2.75, 3.05) is 0 Å². The lowest BCUT2D eigenvalue weighted by Crippen LogP contribution is -2.26. The van der Waals surface area contributed by atoms with Crippen LogP contribution in [0.1, 0.15) is 46.9 Å². The van der Waals surface area contributed by atoms with Crippen molar-refractivity contribution >= 4 is 5.91 Å². The largest absolute Gasteiger partial charge is 0.345 e. The van der Waals surface area contributed by atoms with E-state index in [4.69, 9.17) is 0 Å². The second kappa shape index (κ2) is 6.57. The minimum atomic E-state index is -0.0252. The summed E-state index contributed by atoms with van der Waals surface area (Å²) in [5.74, 6) is -0.0252. The number of aromatic nitrogens is 2. The summed E-state index contributed by atoms with van der Waals surface area (Å²) < 4.78 is 2.10. The molecule has 0 bridgehead atoms. The van der Waals surface area contributed by atoms with Gasteiger partial charge >= 0.3 is 0 Å². The first-order chi connectivity index (χ1) is 10.1. The molecule has 0 saturated heterocycles. The smallest absolute Gasteiger partial charge is 0.268 e. The lowest BCUT2D eigenvalue weighted by Gasteiger charge is -2.10. The van der Waals surface area contributed by atoms with Crippen LogP contribution in [0.4, 0.5) is 0 Å². The summed E-state index contributed by atoms with van der Waals surface area (Å²) in [6.07, 6.45) is 2.69. The highest BCUT2D eigenvalue weighted by molar-refractivity contribution is 5.94. The molecule has 2 aromatic heterocycles. The molecule has 0 unspecified atom stereocenters. The van der Waals surface area contributed by atoms with Gasteiger partial charge in [-0.05, 0) is 50.5 Å². The Morgan fingerprint density at radius 3 is 2.62 bits per heavy atom. The van der Waals surface area contributed by atoms with Crippen LogP contribution in [0.3, 0.4) is 0 Å². The van der Waals surface area contributed by atoms with Gasteiger partial charge in [-0.3, -0.25) is 9.78 Å². The van der Waals surface area contributed by atoms with E-state index in [1.54, 1.807) is 6.20 Å². The van der Waals surface area contributed by atoms with Gasteiger partial charge in [0.1, 0.15) is 5.69 Å². The van der Waals surface area contributed by atoms with E-state index in [1.165, 1.54) is 11.3 Å². The Labute approximate surface area is 126 Å². The van der Waals surface area contributed by atoms with Crippen LogP contribution in [0.2, 0.25) is 0 Å². The van der Waals surface area contributed by atoms with E-state index in [9.17, 15) is 4.79 Å². The Hall–Kier alpha value is -2.10. The third-order valence-electron chi connectivity index (χ3n) is 3.96. The molecule has 4 heteroatoms. The molecule has 0 saturated carbocycles. The number of carbonyl (C=O) groups excluding carboxylic acids is 1.